The summed E-state index contributed by atoms with van der Waals surface area (Å²) < 4.78 is 0. The van der Waals surface area contributed by atoms with Crippen LogP contribution >= 0.6 is 0 Å². The highest BCUT2D eigenvalue weighted by Gasteiger charge is 2.04. The van der Waals surface area contributed by atoms with E-state index in [-0.39, 0.29) is 11.4 Å². The maximum absolute atomic E-state index is 9.21. The summed E-state index contributed by atoms with van der Waals surface area (Å²) in [5.41, 5.74) is 2.14. The van der Waals surface area contributed by atoms with E-state index in [1.54, 1.807) is 6.21 Å². The summed E-state index contributed by atoms with van der Waals surface area (Å²) in [5.74, 6) is 0. The van der Waals surface area contributed by atoms with E-state index in [4.69, 9.17) is 0 Å². The summed E-state index contributed by atoms with van der Waals surface area (Å²) in [6, 6.07) is 23.0. The molecule has 0 spiro atoms. The Bertz CT molecular complexity index is 747. The molecule has 1 N–H and O–H groups in total. The molecule has 106 valence electrons. The van der Waals surface area contributed by atoms with Crippen LogP contribution in [-0.2, 0) is 6.54 Å². The van der Waals surface area contributed by atoms with Gasteiger partial charge in [-0.05, 0) is 11.1 Å². The lowest BCUT2D eigenvalue weighted by molar-refractivity contribution is 0.828. The van der Waals surface area contributed by atoms with E-state index in [1.165, 1.54) is 0 Å². The van der Waals surface area contributed by atoms with E-state index in [0.29, 0.717) is 6.54 Å². The molecule has 0 atom stereocenters. The van der Waals surface area contributed by atoms with Gasteiger partial charge in [0.15, 0.2) is 11.4 Å². The predicted molar refractivity (Wildman–Crippen MR) is 85.6 cm³/mol. The Labute approximate surface area is 129 Å². The van der Waals surface area contributed by atoms with Crippen molar-refractivity contribution >= 4 is 6.21 Å². The molecule has 0 aromatic heterocycles. The number of hydrogen-bond acceptors (Lipinski definition) is 4. The summed E-state index contributed by atoms with van der Waals surface area (Å²) in [6.07, 6.45) is 1.57. The molecule has 0 fully saturated rings. The van der Waals surface area contributed by atoms with Crippen molar-refractivity contribution in [3.8, 4) is 12.1 Å². The van der Waals surface area contributed by atoms with Crippen molar-refractivity contribution in [2.75, 3.05) is 0 Å². The van der Waals surface area contributed by atoms with Crippen LogP contribution in [-0.4, -0.2) is 6.21 Å². The molecule has 0 aliphatic rings. The van der Waals surface area contributed by atoms with E-state index < -0.39 is 0 Å². The zero-order chi connectivity index (χ0) is 15.6. The van der Waals surface area contributed by atoms with Gasteiger partial charge in [-0.3, -0.25) is 0 Å². The molecular weight excluding hydrogens is 272 g/mol. The quantitative estimate of drug-likeness (QED) is 0.678. The molecule has 2 aromatic carbocycles. The molecule has 0 heterocycles. The number of hydrogen-bond donors (Lipinski definition) is 1. The molecule has 0 radical (unpaired) electrons. The summed E-state index contributed by atoms with van der Waals surface area (Å²) in [4.78, 5) is 4.10. The van der Waals surface area contributed by atoms with Gasteiger partial charge < -0.3 is 5.32 Å². The number of nitrogens with one attached hydrogen (secondary N) is 1. The maximum Gasteiger partial charge on any atom is 0.174 e. The minimum absolute atomic E-state index is 0.0716. The van der Waals surface area contributed by atoms with Crippen molar-refractivity contribution in [2.24, 2.45) is 4.99 Å². The molecule has 22 heavy (non-hydrogen) atoms. The molecule has 0 saturated heterocycles. The Morgan fingerprint density at radius 2 is 1.59 bits per heavy atom. The van der Waals surface area contributed by atoms with Gasteiger partial charge in [-0.15, -0.1) is 0 Å². The molecule has 0 amide bonds. The first-order chi connectivity index (χ1) is 10.8. The number of nitriles is 2. The number of allylic oxidation sites excluding steroid dienone is 2. The van der Waals surface area contributed by atoms with Crippen LogP contribution in [0, 0.1) is 22.7 Å². The average Bonchev–Trinajstić information content (AvgIpc) is 2.59. The van der Waals surface area contributed by atoms with Gasteiger partial charge in [-0.25, -0.2) is 4.99 Å². The van der Waals surface area contributed by atoms with Gasteiger partial charge in [-0.2, -0.15) is 10.5 Å². The molecule has 0 saturated carbocycles. The van der Waals surface area contributed by atoms with E-state index in [2.05, 4.69) is 10.3 Å². The first-order valence-electron chi connectivity index (χ1n) is 6.75. The second kappa shape index (κ2) is 8.04. The van der Waals surface area contributed by atoms with Crippen molar-refractivity contribution in [1.82, 2.24) is 5.32 Å². The van der Waals surface area contributed by atoms with Gasteiger partial charge in [0.05, 0.1) is 0 Å². The smallest absolute Gasteiger partial charge is 0.174 e. The molecule has 0 bridgehead atoms. The number of benzene rings is 2. The molecule has 0 unspecified atom stereocenters. The first-order valence-corrected chi connectivity index (χ1v) is 6.75. The summed E-state index contributed by atoms with van der Waals surface area (Å²) >= 11 is 0. The van der Waals surface area contributed by atoms with Crippen LogP contribution in [0.25, 0.3) is 0 Å². The van der Waals surface area contributed by atoms with Crippen LogP contribution in [0.3, 0.4) is 0 Å². The Kier molecular flexibility index (Phi) is 5.49. The van der Waals surface area contributed by atoms with Crippen LogP contribution in [0.15, 0.2) is 77.1 Å². The summed E-state index contributed by atoms with van der Waals surface area (Å²) in [5, 5.41) is 21.4. The summed E-state index contributed by atoms with van der Waals surface area (Å²) in [7, 11) is 0. The van der Waals surface area contributed by atoms with Gasteiger partial charge in [0.1, 0.15) is 12.1 Å². The second-order valence-electron chi connectivity index (χ2n) is 4.46. The fourth-order valence-electron chi connectivity index (χ4n) is 1.79. The highest BCUT2D eigenvalue weighted by atomic mass is 14.9. The van der Waals surface area contributed by atoms with E-state index in [0.717, 1.165) is 11.1 Å². The zero-order valence-electron chi connectivity index (χ0n) is 11.9. The van der Waals surface area contributed by atoms with Gasteiger partial charge in [0.2, 0.25) is 0 Å². The largest absolute Gasteiger partial charge is 0.370 e. The van der Waals surface area contributed by atoms with Gasteiger partial charge in [0, 0.05) is 12.8 Å². The van der Waals surface area contributed by atoms with Crippen molar-refractivity contribution in [3.05, 3.63) is 83.2 Å². The molecule has 0 aliphatic heterocycles. The van der Waals surface area contributed by atoms with Crippen molar-refractivity contribution in [1.29, 1.82) is 10.5 Å². The Balaban J connectivity index is 2.14. The first kappa shape index (κ1) is 15.0. The number of nitrogens with zero attached hydrogens (tertiary/aromatic N) is 3. The minimum Gasteiger partial charge on any atom is -0.370 e. The zero-order valence-corrected chi connectivity index (χ0v) is 11.9. The third-order valence-corrected chi connectivity index (χ3v) is 2.91. The van der Waals surface area contributed by atoms with Crippen molar-refractivity contribution in [3.63, 3.8) is 0 Å². The molecule has 2 aromatic rings. The van der Waals surface area contributed by atoms with E-state index in [1.807, 2.05) is 72.8 Å². The standard InChI is InChI=1S/C18H14N4/c19-11-17(21-13-15-7-3-1-4-8-15)18(12-20)22-14-16-9-5-2-6-10-16/h1-10,13,22H,14H2. The van der Waals surface area contributed by atoms with Crippen molar-refractivity contribution < 1.29 is 0 Å². The van der Waals surface area contributed by atoms with Crippen LogP contribution in [0.2, 0.25) is 0 Å². The minimum atomic E-state index is 0.0716. The van der Waals surface area contributed by atoms with E-state index >= 15 is 0 Å². The van der Waals surface area contributed by atoms with Crippen molar-refractivity contribution in [2.45, 2.75) is 6.54 Å². The Morgan fingerprint density at radius 3 is 2.18 bits per heavy atom. The topological polar surface area (TPSA) is 72.0 Å². The van der Waals surface area contributed by atoms with Crippen LogP contribution in [0.1, 0.15) is 11.1 Å². The second-order valence-corrected chi connectivity index (χ2v) is 4.46. The molecule has 4 nitrogen and oxygen atoms in total. The van der Waals surface area contributed by atoms with Crippen LogP contribution in [0.5, 0.6) is 0 Å². The van der Waals surface area contributed by atoms with Crippen LogP contribution < -0.4 is 5.32 Å². The Hall–Kier alpha value is -3.37. The molecule has 4 heteroatoms. The molecular formula is C18H14N4. The fourth-order valence-corrected chi connectivity index (χ4v) is 1.79. The number of aliphatic imine (C=N–C) groups is 1. The van der Waals surface area contributed by atoms with Crippen LogP contribution in [0.4, 0.5) is 0 Å². The number of rotatable bonds is 5. The normalized spacial score (nSPS) is 11.4. The molecule has 0 aliphatic carbocycles. The average molecular weight is 286 g/mol. The lowest BCUT2D eigenvalue weighted by Gasteiger charge is -2.05. The monoisotopic (exact) mass is 286 g/mol. The predicted octanol–water partition coefficient (Wildman–Crippen LogP) is 3.15. The Morgan fingerprint density at radius 1 is 0.955 bits per heavy atom. The maximum atomic E-state index is 9.21. The lowest BCUT2D eigenvalue weighted by atomic mass is 10.2. The molecule has 2 rings (SSSR count). The highest BCUT2D eigenvalue weighted by Crippen LogP contribution is 2.05. The van der Waals surface area contributed by atoms with Gasteiger partial charge >= 0.3 is 0 Å². The SMILES string of the molecule is N#CC(N=Cc1ccccc1)=C(C#N)NCc1ccccc1. The fraction of sp³-hybridized carbons (Fsp3) is 0.0556. The third kappa shape index (κ3) is 4.33. The van der Waals surface area contributed by atoms with Gasteiger partial charge in [0.25, 0.3) is 0 Å². The highest BCUT2D eigenvalue weighted by molar-refractivity contribution is 5.80. The summed E-state index contributed by atoms with van der Waals surface area (Å²) in [6.45, 7) is 0.468. The van der Waals surface area contributed by atoms with Gasteiger partial charge in [-0.1, -0.05) is 60.7 Å². The lowest BCUT2D eigenvalue weighted by Crippen LogP contribution is -2.13. The van der Waals surface area contributed by atoms with E-state index in [9.17, 15) is 10.5 Å². The third-order valence-electron chi connectivity index (χ3n) is 2.91.